The van der Waals surface area contributed by atoms with E-state index in [-0.39, 0.29) is 10.7 Å². The standard InChI is InChI=1S/C14H12FNOS2/c1-19-12-8-4-7-11(13(12)14(16)18)17-10-6-3-2-5-9(10)15/h2-8H,1H3,(H2,16,18). The number of para-hydroxylation sites is 1. The largest absolute Gasteiger partial charge is 0.454 e. The van der Waals surface area contributed by atoms with Crippen LogP contribution in [0, 0.1) is 5.82 Å². The van der Waals surface area contributed by atoms with Gasteiger partial charge in [-0.05, 0) is 30.5 Å². The summed E-state index contributed by atoms with van der Waals surface area (Å²) in [6.45, 7) is 0. The first kappa shape index (κ1) is 13.8. The molecule has 0 unspecified atom stereocenters. The fraction of sp³-hybridized carbons (Fsp3) is 0.0714. The molecule has 0 saturated carbocycles. The van der Waals surface area contributed by atoms with E-state index in [1.54, 1.807) is 24.3 Å². The smallest absolute Gasteiger partial charge is 0.165 e. The molecular weight excluding hydrogens is 281 g/mol. The first-order valence-electron chi connectivity index (χ1n) is 5.52. The Morgan fingerprint density at radius 1 is 1.16 bits per heavy atom. The van der Waals surface area contributed by atoms with Crippen LogP contribution >= 0.6 is 24.0 Å². The van der Waals surface area contributed by atoms with Crippen molar-refractivity contribution < 1.29 is 9.13 Å². The second-order valence-corrected chi connectivity index (χ2v) is 5.02. The third-order valence-corrected chi connectivity index (χ3v) is 3.50. The van der Waals surface area contributed by atoms with Crippen LogP contribution in [0.25, 0.3) is 0 Å². The zero-order valence-electron chi connectivity index (χ0n) is 10.2. The lowest BCUT2D eigenvalue weighted by molar-refractivity contribution is 0.440. The summed E-state index contributed by atoms with van der Waals surface area (Å²) >= 11 is 6.55. The van der Waals surface area contributed by atoms with E-state index < -0.39 is 5.82 Å². The van der Waals surface area contributed by atoms with Crippen molar-refractivity contribution in [3.05, 3.63) is 53.8 Å². The normalized spacial score (nSPS) is 10.2. The van der Waals surface area contributed by atoms with Gasteiger partial charge >= 0.3 is 0 Å². The summed E-state index contributed by atoms with van der Waals surface area (Å²) < 4.78 is 19.2. The van der Waals surface area contributed by atoms with Gasteiger partial charge in [0.05, 0.1) is 5.56 Å². The van der Waals surface area contributed by atoms with Gasteiger partial charge in [-0.1, -0.05) is 30.4 Å². The Morgan fingerprint density at radius 3 is 2.47 bits per heavy atom. The molecule has 2 rings (SSSR count). The minimum Gasteiger partial charge on any atom is -0.454 e. The monoisotopic (exact) mass is 293 g/mol. The van der Waals surface area contributed by atoms with E-state index in [0.717, 1.165) is 4.90 Å². The van der Waals surface area contributed by atoms with E-state index >= 15 is 0 Å². The maximum Gasteiger partial charge on any atom is 0.165 e. The van der Waals surface area contributed by atoms with E-state index in [2.05, 4.69) is 0 Å². The zero-order chi connectivity index (χ0) is 13.8. The Morgan fingerprint density at radius 2 is 1.84 bits per heavy atom. The van der Waals surface area contributed by atoms with Gasteiger partial charge in [0.1, 0.15) is 10.7 Å². The number of hydrogen-bond acceptors (Lipinski definition) is 3. The molecule has 2 nitrogen and oxygen atoms in total. The van der Waals surface area contributed by atoms with Crippen LogP contribution in [0.15, 0.2) is 47.4 Å². The molecule has 0 aliphatic carbocycles. The third-order valence-electron chi connectivity index (χ3n) is 2.51. The summed E-state index contributed by atoms with van der Waals surface area (Å²) in [6.07, 6.45) is 1.92. The molecule has 0 aliphatic heterocycles. The molecule has 0 heterocycles. The molecule has 0 bridgehead atoms. The number of thioether (sulfide) groups is 1. The van der Waals surface area contributed by atoms with E-state index in [0.29, 0.717) is 11.3 Å². The Bertz CT molecular complexity index is 616. The van der Waals surface area contributed by atoms with E-state index in [4.69, 9.17) is 22.7 Å². The van der Waals surface area contributed by atoms with Gasteiger partial charge in [-0.3, -0.25) is 0 Å². The van der Waals surface area contributed by atoms with Gasteiger partial charge in [-0.15, -0.1) is 11.8 Å². The predicted molar refractivity (Wildman–Crippen MR) is 80.6 cm³/mol. The minimum atomic E-state index is -0.425. The number of halogens is 1. The molecule has 0 spiro atoms. The fourth-order valence-corrected chi connectivity index (χ4v) is 2.56. The number of nitrogens with two attached hydrogens (primary N) is 1. The first-order chi connectivity index (χ1) is 9.13. The molecule has 0 saturated heterocycles. The van der Waals surface area contributed by atoms with Gasteiger partial charge in [0.25, 0.3) is 0 Å². The number of thiocarbonyl (C=S) groups is 1. The summed E-state index contributed by atoms with van der Waals surface area (Å²) in [5, 5.41) is 0. The summed E-state index contributed by atoms with van der Waals surface area (Å²) in [5.74, 6) is 0.189. The summed E-state index contributed by atoms with van der Waals surface area (Å²) in [4.78, 5) is 1.14. The van der Waals surface area contributed by atoms with Crippen LogP contribution in [0.2, 0.25) is 0 Å². The summed E-state index contributed by atoms with van der Waals surface area (Å²) in [7, 11) is 0. The Labute approximate surface area is 120 Å². The van der Waals surface area contributed by atoms with Gasteiger partial charge in [0, 0.05) is 4.90 Å². The molecule has 2 aromatic carbocycles. The second kappa shape index (κ2) is 6.04. The van der Waals surface area contributed by atoms with Gasteiger partial charge in [0.15, 0.2) is 11.6 Å². The lowest BCUT2D eigenvalue weighted by Gasteiger charge is -2.13. The molecular formula is C14H12FNOS2. The van der Waals surface area contributed by atoms with Crippen LogP contribution in [-0.2, 0) is 0 Å². The highest BCUT2D eigenvalue weighted by molar-refractivity contribution is 7.98. The van der Waals surface area contributed by atoms with Crippen molar-refractivity contribution in [2.75, 3.05) is 6.26 Å². The average molecular weight is 293 g/mol. The van der Waals surface area contributed by atoms with Crippen molar-refractivity contribution in [3.8, 4) is 11.5 Å². The van der Waals surface area contributed by atoms with Crippen molar-refractivity contribution >= 4 is 29.0 Å². The average Bonchev–Trinajstić information content (AvgIpc) is 2.40. The predicted octanol–water partition coefficient (Wildman–Crippen LogP) is 3.97. The van der Waals surface area contributed by atoms with Crippen molar-refractivity contribution in [2.45, 2.75) is 4.90 Å². The van der Waals surface area contributed by atoms with E-state index in [9.17, 15) is 4.39 Å². The van der Waals surface area contributed by atoms with Crippen molar-refractivity contribution in [1.82, 2.24) is 0 Å². The lowest BCUT2D eigenvalue weighted by Crippen LogP contribution is -2.12. The Hall–Kier alpha value is -1.59. The van der Waals surface area contributed by atoms with Crippen molar-refractivity contribution in [1.29, 1.82) is 0 Å². The molecule has 0 atom stereocenters. The highest BCUT2D eigenvalue weighted by Crippen LogP contribution is 2.32. The zero-order valence-corrected chi connectivity index (χ0v) is 11.9. The number of ether oxygens (including phenoxy) is 1. The highest BCUT2D eigenvalue weighted by Gasteiger charge is 2.13. The van der Waals surface area contributed by atoms with E-state index in [1.807, 2.05) is 18.4 Å². The SMILES string of the molecule is CSc1cccc(Oc2ccccc2F)c1C(N)=S. The topological polar surface area (TPSA) is 35.2 Å². The highest BCUT2D eigenvalue weighted by atomic mass is 32.2. The van der Waals surface area contributed by atoms with Crippen LogP contribution in [-0.4, -0.2) is 11.2 Å². The summed E-state index contributed by atoms with van der Waals surface area (Å²) in [6, 6.07) is 11.7. The maximum absolute atomic E-state index is 13.6. The van der Waals surface area contributed by atoms with Gasteiger partial charge < -0.3 is 10.5 Å². The number of benzene rings is 2. The molecule has 0 amide bonds. The van der Waals surface area contributed by atoms with Gasteiger partial charge in [-0.2, -0.15) is 0 Å². The molecule has 0 aliphatic rings. The van der Waals surface area contributed by atoms with Gasteiger partial charge in [0.2, 0.25) is 0 Å². The number of rotatable bonds is 4. The molecule has 0 fully saturated rings. The van der Waals surface area contributed by atoms with Crippen molar-refractivity contribution in [3.63, 3.8) is 0 Å². The quantitative estimate of drug-likeness (QED) is 0.683. The van der Waals surface area contributed by atoms with Gasteiger partial charge in [-0.25, -0.2) is 4.39 Å². The van der Waals surface area contributed by atoms with Crippen LogP contribution in [0.5, 0.6) is 11.5 Å². The van der Waals surface area contributed by atoms with E-state index in [1.165, 1.54) is 17.8 Å². The lowest BCUT2D eigenvalue weighted by atomic mass is 10.2. The first-order valence-corrected chi connectivity index (χ1v) is 7.16. The van der Waals surface area contributed by atoms with Crippen LogP contribution in [0.1, 0.15) is 5.56 Å². The minimum absolute atomic E-state index is 0.151. The third kappa shape index (κ3) is 3.05. The van der Waals surface area contributed by atoms with Crippen LogP contribution in [0.4, 0.5) is 4.39 Å². The number of hydrogen-bond donors (Lipinski definition) is 1. The summed E-state index contributed by atoms with van der Waals surface area (Å²) in [5.41, 5.74) is 6.36. The molecule has 98 valence electrons. The Balaban J connectivity index is 2.46. The van der Waals surface area contributed by atoms with Crippen LogP contribution < -0.4 is 10.5 Å². The van der Waals surface area contributed by atoms with Crippen LogP contribution in [0.3, 0.4) is 0 Å². The molecule has 2 aromatic rings. The molecule has 2 N–H and O–H groups in total. The Kier molecular flexibility index (Phi) is 4.39. The molecule has 0 aromatic heterocycles. The molecule has 5 heteroatoms. The molecule has 0 radical (unpaired) electrons. The fourth-order valence-electron chi connectivity index (χ4n) is 1.65. The second-order valence-electron chi connectivity index (χ2n) is 3.73. The van der Waals surface area contributed by atoms with Crippen molar-refractivity contribution in [2.24, 2.45) is 5.73 Å². The molecule has 19 heavy (non-hydrogen) atoms. The maximum atomic E-state index is 13.6.